The first-order valence-corrected chi connectivity index (χ1v) is 6.46. The Morgan fingerprint density at radius 1 is 1.27 bits per heavy atom. The molecule has 0 unspecified atom stereocenters. The summed E-state index contributed by atoms with van der Waals surface area (Å²) in [6.07, 6.45) is 1.56. The van der Waals surface area contributed by atoms with Crippen molar-refractivity contribution >= 4 is 23.6 Å². The molecule has 0 saturated heterocycles. The highest BCUT2D eigenvalue weighted by Gasteiger charge is 2.17. The minimum Gasteiger partial charge on any atom is -0.465 e. The lowest BCUT2D eigenvalue weighted by molar-refractivity contribution is -0.136. The van der Waals surface area contributed by atoms with Crippen LogP contribution in [-0.4, -0.2) is 46.3 Å². The molecule has 0 atom stereocenters. The van der Waals surface area contributed by atoms with Gasteiger partial charge in [0.1, 0.15) is 5.57 Å². The van der Waals surface area contributed by atoms with E-state index in [4.69, 9.17) is 4.74 Å². The number of hydrogen-bond donors (Lipinski definition) is 1. The second-order valence-electron chi connectivity index (χ2n) is 4.13. The van der Waals surface area contributed by atoms with Gasteiger partial charge < -0.3 is 9.47 Å². The van der Waals surface area contributed by atoms with Crippen molar-refractivity contribution in [2.75, 3.05) is 13.7 Å². The van der Waals surface area contributed by atoms with E-state index in [1.54, 1.807) is 37.3 Å². The molecule has 2 rings (SSSR count). The SMILES string of the molecule is CCOC(=O)C(=Cc1ccc(C(=O)OC)cc1)c1nn[nH]n1. The highest BCUT2D eigenvalue weighted by Crippen LogP contribution is 2.16. The molecule has 0 spiro atoms. The number of aromatic amines is 1. The van der Waals surface area contributed by atoms with Crippen LogP contribution in [0.25, 0.3) is 11.6 Å². The van der Waals surface area contributed by atoms with Crippen LogP contribution < -0.4 is 0 Å². The third-order valence-electron chi connectivity index (χ3n) is 2.72. The molecular formula is C14H14N4O4. The number of rotatable bonds is 5. The maximum atomic E-state index is 12.0. The number of nitrogens with one attached hydrogen (secondary N) is 1. The van der Waals surface area contributed by atoms with E-state index in [0.29, 0.717) is 11.1 Å². The zero-order valence-corrected chi connectivity index (χ0v) is 12.1. The van der Waals surface area contributed by atoms with Gasteiger partial charge in [-0.1, -0.05) is 12.1 Å². The molecular weight excluding hydrogens is 288 g/mol. The summed E-state index contributed by atoms with van der Waals surface area (Å²) in [4.78, 5) is 23.4. The summed E-state index contributed by atoms with van der Waals surface area (Å²) in [7, 11) is 1.31. The van der Waals surface area contributed by atoms with Gasteiger partial charge in [-0.05, 0) is 35.9 Å². The number of methoxy groups -OCH3 is 1. The Morgan fingerprint density at radius 3 is 2.55 bits per heavy atom. The van der Waals surface area contributed by atoms with Crippen molar-refractivity contribution in [1.82, 2.24) is 20.6 Å². The molecule has 0 aliphatic heterocycles. The molecule has 1 aromatic heterocycles. The predicted molar refractivity (Wildman–Crippen MR) is 76.5 cm³/mol. The summed E-state index contributed by atoms with van der Waals surface area (Å²) < 4.78 is 9.60. The number of hydrogen-bond acceptors (Lipinski definition) is 7. The van der Waals surface area contributed by atoms with Gasteiger partial charge in [0.2, 0.25) is 5.82 Å². The van der Waals surface area contributed by atoms with Gasteiger partial charge in [-0.25, -0.2) is 9.59 Å². The Hall–Kier alpha value is -3.03. The molecule has 0 aliphatic carbocycles. The average molecular weight is 302 g/mol. The van der Waals surface area contributed by atoms with E-state index < -0.39 is 11.9 Å². The smallest absolute Gasteiger partial charge is 0.342 e. The molecule has 0 fully saturated rings. The van der Waals surface area contributed by atoms with Crippen molar-refractivity contribution in [3.63, 3.8) is 0 Å². The van der Waals surface area contributed by atoms with Crippen molar-refractivity contribution in [3.05, 3.63) is 41.2 Å². The monoisotopic (exact) mass is 302 g/mol. The summed E-state index contributed by atoms with van der Waals surface area (Å²) in [6, 6.07) is 6.53. The molecule has 114 valence electrons. The zero-order chi connectivity index (χ0) is 15.9. The van der Waals surface area contributed by atoms with Crippen LogP contribution in [0.5, 0.6) is 0 Å². The number of carbonyl (C=O) groups is 2. The third-order valence-corrected chi connectivity index (χ3v) is 2.72. The predicted octanol–water partition coefficient (Wildman–Crippen LogP) is 1.09. The minimum atomic E-state index is -0.555. The minimum absolute atomic E-state index is 0.135. The second kappa shape index (κ2) is 7.11. The van der Waals surface area contributed by atoms with Gasteiger partial charge >= 0.3 is 11.9 Å². The largest absolute Gasteiger partial charge is 0.465 e. The first-order valence-electron chi connectivity index (χ1n) is 6.46. The van der Waals surface area contributed by atoms with Crippen LogP contribution in [0.1, 0.15) is 28.7 Å². The van der Waals surface area contributed by atoms with Gasteiger partial charge in [0, 0.05) is 0 Å². The number of aromatic nitrogens is 4. The maximum Gasteiger partial charge on any atom is 0.342 e. The molecule has 1 aromatic carbocycles. The van der Waals surface area contributed by atoms with E-state index >= 15 is 0 Å². The topological polar surface area (TPSA) is 107 Å². The number of nitrogens with zero attached hydrogens (tertiary/aromatic N) is 3. The van der Waals surface area contributed by atoms with Gasteiger partial charge in [-0.15, -0.1) is 10.2 Å². The Balaban J connectivity index is 2.33. The molecule has 22 heavy (non-hydrogen) atoms. The molecule has 1 N–H and O–H groups in total. The molecule has 8 heteroatoms. The number of ether oxygens (including phenoxy) is 2. The molecule has 1 heterocycles. The molecule has 0 radical (unpaired) electrons. The molecule has 0 bridgehead atoms. The van der Waals surface area contributed by atoms with Crippen molar-refractivity contribution in [2.45, 2.75) is 6.92 Å². The lowest BCUT2D eigenvalue weighted by atomic mass is 10.1. The van der Waals surface area contributed by atoms with Crippen LogP contribution in [0.15, 0.2) is 24.3 Å². The van der Waals surface area contributed by atoms with Crippen molar-refractivity contribution in [3.8, 4) is 0 Å². The van der Waals surface area contributed by atoms with Gasteiger partial charge in [-0.2, -0.15) is 5.21 Å². The van der Waals surface area contributed by atoms with Gasteiger partial charge in [0.05, 0.1) is 19.3 Å². The summed E-state index contributed by atoms with van der Waals surface area (Å²) in [5.41, 5.74) is 1.26. The highest BCUT2D eigenvalue weighted by molar-refractivity contribution is 6.20. The average Bonchev–Trinajstić information content (AvgIpc) is 3.06. The fourth-order valence-electron chi connectivity index (χ4n) is 1.70. The van der Waals surface area contributed by atoms with E-state index in [1.807, 2.05) is 0 Å². The Morgan fingerprint density at radius 2 is 2.00 bits per heavy atom. The third kappa shape index (κ3) is 3.54. The van der Waals surface area contributed by atoms with E-state index in [1.165, 1.54) is 7.11 Å². The molecule has 0 amide bonds. The molecule has 0 aliphatic rings. The molecule has 0 saturated carbocycles. The van der Waals surface area contributed by atoms with Crippen molar-refractivity contribution < 1.29 is 19.1 Å². The number of carbonyl (C=O) groups excluding carboxylic acids is 2. The van der Waals surface area contributed by atoms with Gasteiger partial charge in [0.15, 0.2) is 0 Å². The van der Waals surface area contributed by atoms with Gasteiger partial charge in [-0.3, -0.25) is 0 Å². The lowest BCUT2D eigenvalue weighted by Gasteiger charge is -2.04. The van der Waals surface area contributed by atoms with Crippen LogP contribution in [0, 0.1) is 0 Å². The fourth-order valence-corrected chi connectivity index (χ4v) is 1.70. The number of H-pyrrole nitrogens is 1. The lowest BCUT2D eigenvalue weighted by Crippen LogP contribution is -2.08. The van der Waals surface area contributed by atoms with Crippen molar-refractivity contribution in [1.29, 1.82) is 0 Å². The van der Waals surface area contributed by atoms with E-state index in [0.717, 1.165) is 0 Å². The first-order chi connectivity index (χ1) is 10.7. The van der Waals surface area contributed by atoms with Crippen LogP contribution in [-0.2, 0) is 14.3 Å². The zero-order valence-electron chi connectivity index (χ0n) is 12.1. The number of benzene rings is 1. The Labute approximate surface area is 126 Å². The summed E-state index contributed by atoms with van der Waals surface area (Å²) >= 11 is 0. The van der Waals surface area contributed by atoms with Crippen LogP contribution in [0.3, 0.4) is 0 Å². The maximum absolute atomic E-state index is 12.0. The van der Waals surface area contributed by atoms with E-state index in [2.05, 4.69) is 25.4 Å². The van der Waals surface area contributed by atoms with E-state index in [-0.39, 0.29) is 18.0 Å². The van der Waals surface area contributed by atoms with E-state index in [9.17, 15) is 9.59 Å². The van der Waals surface area contributed by atoms with Crippen LogP contribution in [0.4, 0.5) is 0 Å². The first kappa shape index (κ1) is 15.4. The highest BCUT2D eigenvalue weighted by atomic mass is 16.5. The second-order valence-corrected chi connectivity index (χ2v) is 4.13. The van der Waals surface area contributed by atoms with Crippen LogP contribution in [0.2, 0.25) is 0 Å². The molecule has 2 aromatic rings. The Kier molecular flexibility index (Phi) is 4.97. The summed E-state index contributed by atoms with van der Waals surface area (Å²) in [6.45, 7) is 1.94. The fraction of sp³-hybridized carbons (Fsp3) is 0.214. The summed E-state index contributed by atoms with van der Waals surface area (Å²) in [5, 5.41) is 13.3. The number of esters is 2. The van der Waals surface area contributed by atoms with Crippen molar-refractivity contribution in [2.24, 2.45) is 0 Å². The van der Waals surface area contributed by atoms with Gasteiger partial charge in [0.25, 0.3) is 0 Å². The van der Waals surface area contributed by atoms with Crippen LogP contribution >= 0.6 is 0 Å². The molecule has 8 nitrogen and oxygen atoms in total. The summed E-state index contributed by atoms with van der Waals surface area (Å²) in [5.74, 6) is -0.851. The Bertz CT molecular complexity index is 677. The number of tetrazole rings is 1. The standard InChI is InChI=1S/C14H14N4O4/c1-3-22-14(20)11(12-15-17-18-16-12)8-9-4-6-10(7-5-9)13(19)21-2/h4-8H,3H2,1-2H3,(H,15,16,17,18). The normalized spacial score (nSPS) is 11.1. The quantitative estimate of drug-likeness (QED) is 0.650.